The van der Waals surface area contributed by atoms with Gasteiger partial charge in [-0.25, -0.2) is 18.1 Å². The third-order valence-electron chi connectivity index (χ3n) is 10.9. The highest BCUT2D eigenvalue weighted by molar-refractivity contribution is 5.82. The minimum atomic E-state index is -1.15. The Morgan fingerprint density at radius 3 is 2.26 bits per heavy atom. The molecule has 4 fully saturated rings. The van der Waals surface area contributed by atoms with Crippen molar-refractivity contribution in [1.82, 2.24) is 35.3 Å². The Hall–Kier alpha value is -4.93. The Bertz CT molecular complexity index is 2120. The highest BCUT2D eigenvalue weighted by Gasteiger charge is 2.74. The maximum atomic E-state index is 14.3. The van der Waals surface area contributed by atoms with Crippen LogP contribution in [0.4, 0.5) is 8.78 Å². The fraction of sp³-hybridized carbons (Fsp3) is 0.395. The van der Waals surface area contributed by atoms with Crippen molar-refractivity contribution in [2.45, 2.75) is 86.2 Å². The molecule has 2 aliphatic heterocycles. The molecule has 53 heavy (non-hydrogen) atoms. The average molecular weight is 726 g/mol. The van der Waals surface area contributed by atoms with E-state index in [1.165, 1.54) is 31.4 Å². The Kier molecular flexibility index (Phi) is 8.62. The number of amides is 1. The number of aliphatic hydroxyl groups is 1. The maximum absolute atomic E-state index is 14.3. The molecule has 4 heterocycles. The molecule has 1 amide bonds. The van der Waals surface area contributed by atoms with E-state index in [0.717, 1.165) is 5.56 Å². The van der Waals surface area contributed by atoms with Gasteiger partial charge in [0.15, 0.2) is 12.4 Å². The number of benzene rings is 3. The maximum Gasteiger partial charge on any atom is 0.252 e. The summed E-state index contributed by atoms with van der Waals surface area (Å²) in [4.78, 5) is 14.3. The minimum absolute atomic E-state index is 0.377. The first kappa shape index (κ1) is 33.9. The van der Waals surface area contributed by atoms with Gasteiger partial charge in [-0.3, -0.25) is 4.79 Å². The van der Waals surface area contributed by atoms with Crippen LogP contribution in [-0.4, -0.2) is 90.3 Å². The van der Waals surface area contributed by atoms with E-state index in [2.05, 4.69) is 25.9 Å². The lowest BCUT2D eigenvalue weighted by atomic mass is 9.86. The lowest BCUT2D eigenvalue weighted by Gasteiger charge is -2.49. The van der Waals surface area contributed by atoms with E-state index in [0.29, 0.717) is 48.2 Å². The fourth-order valence-corrected chi connectivity index (χ4v) is 8.15. The number of aromatic nitrogens is 6. The molecule has 2 saturated carbocycles. The number of methoxy groups -OCH3 is 1. The van der Waals surface area contributed by atoms with Gasteiger partial charge in [-0.2, -0.15) is 0 Å². The van der Waals surface area contributed by atoms with E-state index in [1.54, 1.807) is 46.0 Å². The number of nitrogens with zero attached hydrogens (tertiary/aromatic N) is 6. The number of rotatable bonds is 8. The van der Waals surface area contributed by atoms with Gasteiger partial charge in [0.2, 0.25) is 0 Å². The highest BCUT2D eigenvalue weighted by Crippen LogP contribution is 2.60. The molecule has 10 atom stereocenters. The average Bonchev–Trinajstić information content (AvgIpc) is 3.46. The van der Waals surface area contributed by atoms with Crippen LogP contribution in [0.3, 0.4) is 0 Å². The van der Waals surface area contributed by atoms with Gasteiger partial charge in [0.05, 0.1) is 36.7 Å². The zero-order valence-electron chi connectivity index (χ0n) is 28.6. The van der Waals surface area contributed by atoms with Crippen LogP contribution in [0.25, 0.3) is 22.5 Å². The SMILES string of the molecule is CO[C@@H]1[C@@H](n2cc(-c3cccc(F)c3)nn2)[C@H]2OC(c3ccccc3)OC3CC32O[C@H]1C(=O)N[C@@H]1CCC[C@H](n2cc(-c3cccc(F)c3)nn2)[C@H]1O. The number of ether oxygens (including phenoxy) is 4. The summed E-state index contributed by atoms with van der Waals surface area (Å²) in [6.45, 7) is 0. The minimum Gasteiger partial charge on any atom is -0.389 e. The number of hydrogen-bond donors (Lipinski definition) is 2. The molecular formula is C38H37F2N7O6. The first-order valence-corrected chi connectivity index (χ1v) is 17.7. The van der Waals surface area contributed by atoms with Crippen LogP contribution in [-0.2, 0) is 23.7 Å². The Balaban J connectivity index is 0.995. The predicted molar refractivity (Wildman–Crippen MR) is 183 cm³/mol. The lowest BCUT2D eigenvalue weighted by molar-refractivity contribution is -0.317. The summed E-state index contributed by atoms with van der Waals surface area (Å²) >= 11 is 0. The van der Waals surface area contributed by atoms with Gasteiger partial charge in [0.1, 0.15) is 46.9 Å². The quantitative estimate of drug-likeness (QED) is 0.237. The summed E-state index contributed by atoms with van der Waals surface area (Å²) in [5.41, 5.74) is 1.86. The standard InChI is InChI=1S/C38H37F2N7O6/c1-50-33-31(47-20-28(43-45-47)23-11-6-13-25(40)17-23)35-38(18-30(38)51-37(52-35)21-8-3-2-4-9-21)53-34(33)36(49)41-26-14-7-15-29(32(26)48)46-19-27(42-44-46)22-10-5-12-24(39)16-22/h2-6,8-13,16-17,19-20,26,29-35,37,48H,7,14-15,18H2,1H3,(H,41,49)/t26-,29+,30?,31-,32+,33-,34-,35-,37?,38?/m1/s1. The second kappa shape index (κ2) is 13.5. The van der Waals surface area contributed by atoms with Crippen LogP contribution in [0.5, 0.6) is 0 Å². The van der Waals surface area contributed by atoms with Gasteiger partial charge >= 0.3 is 0 Å². The number of halogens is 2. The van der Waals surface area contributed by atoms with Crippen LogP contribution in [0.15, 0.2) is 91.3 Å². The highest BCUT2D eigenvalue weighted by atomic mass is 19.1. The predicted octanol–water partition coefficient (Wildman–Crippen LogP) is 4.33. The smallest absolute Gasteiger partial charge is 0.252 e. The van der Waals surface area contributed by atoms with Gasteiger partial charge < -0.3 is 29.4 Å². The molecule has 13 nitrogen and oxygen atoms in total. The Morgan fingerprint density at radius 2 is 1.58 bits per heavy atom. The number of aliphatic hydroxyl groups excluding tert-OH is 1. The first-order valence-electron chi connectivity index (χ1n) is 17.7. The van der Waals surface area contributed by atoms with Crippen molar-refractivity contribution < 1.29 is 37.6 Å². The third kappa shape index (κ3) is 6.11. The zero-order valence-corrected chi connectivity index (χ0v) is 28.6. The van der Waals surface area contributed by atoms with E-state index in [-0.39, 0.29) is 11.9 Å². The largest absolute Gasteiger partial charge is 0.389 e. The molecule has 4 aliphatic rings. The number of nitrogens with one attached hydrogen (secondary N) is 1. The fourth-order valence-electron chi connectivity index (χ4n) is 8.15. The van der Waals surface area contributed by atoms with Crippen molar-refractivity contribution in [2.75, 3.05) is 7.11 Å². The molecule has 3 unspecified atom stereocenters. The Morgan fingerprint density at radius 1 is 0.906 bits per heavy atom. The van der Waals surface area contributed by atoms with Crippen LogP contribution in [0.1, 0.15) is 49.6 Å². The molecule has 2 saturated heterocycles. The number of carbonyl (C=O) groups excluding carboxylic acids is 1. The van der Waals surface area contributed by atoms with E-state index >= 15 is 0 Å². The lowest BCUT2D eigenvalue weighted by Crippen LogP contribution is -2.65. The molecule has 9 rings (SSSR count). The van der Waals surface area contributed by atoms with Crippen LogP contribution in [0.2, 0.25) is 0 Å². The molecule has 3 aromatic carbocycles. The van der Waals surface area contributed by atoms with Crippen molar-refractivity contribution in [3.63, 3.8) is 0 Å². The molecule has 15 heteroatoms. The summed E-state index contributed by atoms with van der Waals surface area (Å²) in [6, 6.07) is 19.9. The number of hydrogen-bond acceptors (Lipinski definition) is 10. The Labute approximate surface area is 302 Å². The topological polar surface area (TPSA) is 148 Å². The second-order valence-electron chi connectivity index (χ2n) is 14.1. The molecule has 2 aliphatic carbocycles. The van der Waals surface area contributed by atoms with Gasteiger partial charge in [0.25, 0.3) is 5.91 Å². The molecular weight excluding hydrogens is 688 g/mol. The summed E-state index contributed by atoms with van der Waals surface area (Å²) in [5.74, 6) is -1.27. The van der Waals surface area contributed by atoms with Gasteiger partial charge in [-0.15, -0.1) is 10.2 Å². The van der Waals surface area contributed by atoms with Crippen molar-refractivity contribution in [3.8, 4) is 22.5 Å². The normalized spacial score (nSPS) is 32.0. The molecule has 2 N–H and O–H groups in total. The second-order valence-corrected chi connectivity index (χ2v) is 14.1. The molecule has 0 radical (unpaired) electrons. The van der Waals surface area contributed by atoms with Crippen LogP contribution in [0, 0.1) is 11.6 Å². The van der Waals surface area contributed by atoms with Crippen LogP contribution < -0.4 is 5.32 Å². The monoisotopic (exact) mass is 725 g/mol. The van der Waals surface area contributed by atoms with Crippen molar-refractivity contribution in [2.24, 2.45) is 0 Å². The summed E-state index contributed by atoms with van der Waals surface area (Å²) < 4.78 is 57.0. The van der Waals surface area contributed by atoms with E-state index in [4.69, 9.17) is 18.9 Å². The molecule has 0 bridgehead atoms. The molecule has 1 spiro atoms. The summed E-state index contributed by atoms with van der Waals surface area (Å²) in [6.07, 6.45) is 0.854. The van der Waals surface area contributed by atoms with E-state index in [9.17, 15) is 18.7 Å². The van der Waals surface area contributed by atoms with E-state index in [1.807, 2.05) is 30.3 Å². The molecule has 2 aromatic heterocycles. The van der Waals surface area contributed by atoms with Gasteiger partial charge in [-0.1, -0.05) is 65.0 Å². The van der Waals surface area contributed by atoms with Crippen molar-refractivity contribution in [3.05, 3.63) is 108 Å². The van der Waals surface area contributed by atoms with Gasteiger partial charge in [-0.05, 0) is 43.5 Å². The third-order valence-corrected chi connectivity index (χ3v) is 10.9. The summed E-state index contributed by atoms with van der Waals surface area (Å²) in [7, 11) is 1.49. The molecule has 274 valence electrons. The van der Waals surface area contributed by atoms with Gasteiger partial charge in [0, 0.05) is 30.2 Å². The van der Waals surface area contributed by atoms with Crippen molar-refractivity contribution in [1.29, 1.82) is 0 Å². The number of carbonyl (C=O) groups is 1. The van der Waals surface area contributed by atoms with Crippen molar-refractivity contribution >= 4 is 5.91 Å². The summed E-state index contributed by atoms with van der Waals surface area (Å²) in [5, 5.41) is 31.9. The van der Waals surface area contributed by atoms with Crippen LogP contribution >= 0.6 is 0 Å². The van der Waals surface area contributed by atoms with E-state index < -0.39 is 66.2 Å². The zero-order chi connectivity index (χ0) is 36.3. The first-order chi connectivity index (χ1) is 25.8. The molecule has 5 aromatic rings.